The maximum atomic E-state index is 12.7. The lowest BCUT2D eigenvalue weighted by Gasteiger charge is -2.35. The Bertz CT molecular complexity index is 586. The molecule has 1 aromatic carbocycles. The molecule has 106 valence electrons. The molecule has 0 bridgehead atoms. The molecule has 1 aromatic rings. The molecule has 0 saturated carbocycles. The molecule has 0 spiro atoms. The summed E-state index contributed by atoms with van der Waals surface area (Å²) in [6.45, 7) is 4.74. The van der Waals surface area contributed by atoms with Gasteiger partial charge in [-0.05, 0) is 31.0 Å². The molecule has 0 radical (unpaired) electrons. The summed E-state index contributed by atoms with van der Waals surface area (Å²) >= 11 is 12.3. The number of hydrogen-bond acceptors (Lipinski definition) is 3. The van der Waals surface area contributed by atoms with Gasteiger partial charge in [-0.1, -0.05) is 23.2 Å². The van der Waals surface area contributed by atoms with Gasteiger partial charge >= 0.3 is 0 Å². The van der Waals surface area contributed by atoms with Crippen molar-refractivity contribution in [3.8, 4) is 0 Å². The summed E-state index contributed by atoms with van der Waals surface area (Å²) in [5.41, 5.74) is 1.16. The fourth-order valence-corrected chi connectivity index (χ4v) is 4.51. The molecule has 1 aliphatic heterocycles. The monoisotopic (exact) mass is 322 g/mol. The first-order valence-electron chi connectivity index (χ1n) is 5.90. The molecule has 0 unspecified atom stereocenters. The van der Waals surface area contributed by atoms with Gasteiger partial charge < -0.3 is 5.32 Å². The van der Waals surface area contributed by atoms with Crippen molar-refractivity contribution in [1.29, 1.82) is 0 Å². The summed E-state index contributed by atoms with van der Waals surface area (Å²) < 4.78 is 26.7. The predicted octanol–water partition coefficient (Wildman–Crippen LogP) is 2.20. The first kappa shape index (κ1) is 15.1. The standard InChI is InChI=1S/C12H16Cl2N2O2S/c1-7-4-10(13)8(2)12(11(7)14)19(17,18)16(3)9-5-15-6-9/h4,9,15H,5-6H2,1-3H3. The molecule has 0 atom stereocenters. The molecular formula is C12H16Cl2N2O2S. The second-order valence-corrected chi connectivity index (χ2v) is 7.50. The van der Waals surface area contributed by atoms with Crippen molar-refractivity contribution in [2.45, 2.75) is 24.8 Å². The van der Waals surface area contributed by atoms with Gasteiger partial charge in [0.05, 0.1) is 5.02 Å². The fourth-order valence-electron chi connectivity index (χ4n) is 1.99. The number of halogens is 2. The smallest absolute Gasteiger partial charge is 0.244 e. The summed E-state index contributed by atoms with van der Waals surface area (Å²) in [5, 5.41) is 3.72. The summed E-state index contributed by atoms with van der Waals surface area (Å²) in [6, 6.07) is 1.66. The van der Waals surface area contributed by atoms with Gasteiger partial charge in [0.25, 0.3) is 0 Å². The van der Waals surface area contributed by atoms with E-state index >= 15 is 0 Å². The molecule has 0 amide bonds. The molecule has 2 rings (SSSR count). The average molecular weight is 323 g/mol. The molecule has 19 heavy (non-hydrogen) atoms. The van der Waals surface area contributed by atoms with Gasteiger partial charge in [-0.2, -0.15) is 4.31 Å². The van der Waals surface area contributed by atoms with Gasteiger partial charge in [-0.15, -0.1) is 0 Å². The highest BCUT2D eigenvalue weighted by molar-refractivity contribution is 7.89. The number of nitrogens with zero attached hydrogens (tertiary/aromatic N) is 1. The van der Waals surface area contributed by atoms with E-state index in [9.17, 15) is 8.42 Å². The number of likely N-dealkylation sites (N-methyl/N-ethyl adjacent to an activating group) is 1. The van der Waals surface area contributed by atoms with Crippen molar-refractivity contribution in [2.75, 3.05) is 20.1 Å². The Hall–Kier alpha value is -0.330. The Kier molecular flexibility index (Phi) is 4.14. The number of benzene rings is 1. The minimum Gasteiger partial charge on any atom is -0.313 e. The molecule has 7 heteroatoms. The minimum absolute atomic E-state index is 0.0280. The van der Waals surface area contributed by atoms with Crippen LogP contribution in [0.5, 0.6) is 0 Å². The van der Waals surface area contributed by atoms with E-state index in [-0.39, 0.29) is 16.0 Å². The van der Waals surface area contributed by atoms with Crippen LogP contribution in [0.3, 0.4) is 0 Å². The number of nitrogens with one attached hydrogen (secondary N) is 1. The highest BCUT2D eigenvalue weighted by Crippen LogP contribution is 2.35. The van der Waals surface area contributed by atoms with Crippen molar-refractivity contribution >= 4 is 33.2 Å². The van der Waals surface area contributed by atoms with E-state index < -0.39 is 10.0 Å². The number of aryl methyl sites for hydroxylation is 1. The van der Waals surface area contributed by atoms with Crippen molar-refractivity contribution in [1.82, 2.24) is 9.62 Å². The van der Waals surface area contributed by atoms with Crippen molar-refractivity contribution in [3.63, 3.8) is 0 Å². The SMILES string of the molecule is Cc1cc(Cl)c(C)c(S(=O)(=O)N(C)C2CNC2)c1Cl. The zero-order valence-corrected chi connectivity index (χ0v) is 13.3. The molecule has 0 aromatic heterocycles. The molecule has 0 aliphatic carbocycles. The highest BCUT2D eigenvalue weighted by atomic mass is 35.5. The molecule has 1 heterocycles. The van der Waals surface area contributed by atoms with Gasteiger partial charge in [-0.3, -0.25) is 0 Å². The quantitative estimate of drug-likeness (QED) is 0.928. The molecule has 1 N–H and O–H groups in total. The van der Waals surface area contributed by atoms with Crippen LogP contribution in [0.25, 0.3) is 0 Å². The third kappa shape index (κ3) is 2.50. The first-order chi connectivity index (χ1) is 8.76. The van der Waals surface area contributed by atoms with Gasteiger partial charge in [0.15, 0.2) is 0 Å². The zero-order valence-electron chi connectivity index (χ0n) is 11.0. The number of rotatable bonds is 3. The summed E-state index contributed by atoms with van der Waals surface area (Å²) in [4.78, 5) is 0.119. The first-order valence-corrected chi connectivity index (χ1v) is 8.10. The lowest BCUT2D eigenvalue weighted by atomic mass is 10.2. The van der Waals surface area contributed by atoms with E-state index in [0.717, 1.165) is 0 Å². The van der Waals surface area contributed by atoms with E-state index in [1.165, 1.54) is 4.31 Å². The van der Waals surface area contributed by atoms with Crippen LogP contribution in [0.15, 0.2) is 11.0 Å². The summed E-state index contributed by atoms with van der Waals surface area (Å²) in [5.74, 6) is 0. The van der Waals surface area contributed by atoms with Crippen LogP contribution in [-0.4, -0.2) is 38.9 Å². The Labute approximate surface area is 123 Å². The Morgan fingerprint density at radius 1 is 1.32 bits per heavy atom. The van der Waals surface area contributed by atoms with Gasteiger partial charge in [-0.25, -0.2) is 8.42 Å². The number of sulfonamides is 1. The van der Waals surface area contributed by atoms with Crippen LogP contribution in [0.2, 0.25) is 10.0 Å². The van der Waals surface area contributed by atoms with Crippen LogP contribution in [0, 0.1) is 13.8 Å². The van der Waals surface area contributed by atoms with E-state index in [2.05, 4.69) is 5.32 Å². The summed E-state index contributed by atoms with van der Waals surface area (Å²) in [7, 11) is -2.05. The summed E-state index contributed by atoms with van der Waals surface area (Å²) in [6.07, 6.45) is 0. The molecular weight excluding hydrogens is 307 g/mol. The van der Waals surface area contributed by atoms with Gasteiger partial charge in [0.2, 0.25) is 10.0 Å². The second kappa shape index (κ2) is 5.22. The minimum atomic E-state index is -3.63. The van der Waals surface area contributed by atoms with E-state index in [1.54, 1.807) is 27.0 Å². The average Bonchev–Trinajstić information content (AvgIpc) is 2.24. The van der Waals surface area contributed by atoms with Crippen LogP contribution in [0.4, 0.5) is 0 Å². The van der Waals surface area contributed by atoms with Crippen LogP contribution < -0.4 is 5.32 Å². The molecule has 4 nitrogen and oxygen atoms in total. The lowest BCUT2D eigenvalue weighted by Crippen LogP contribution is -2.57. The maximum absolute atomic E-state index is 12.7. The van der Waals surface area contributed by atoms with Crippen LogP contribution in [0.1, 0.15) is 11.1 Å². The topological polar surface area (TPSA) is 49.4 Å². The molecule has 1 fully saturated rings. The van der Waals surface area contributed by atoms with Crippen LogP contribution >= 0.6 is 23.2 Å². The second-order valence-electron chi connectivity index (χ2n) is 4.78. The van der Waals surface area contributed by atoms with E-state index in [1.807, 2.05) is 0 Å². The zero-order chi connectivity index (χ0) is 14.4. The highest BCUT2D eigenvalue weighted by Gasteiger charge is 2.34. The Morgan fingerprint density at radius 2 is 1.89 bits per heavy atom. The normalized spacial score (nSPS) is 16.7. The van der Waals surface area contributed by atoms with Crippen LogP contribution in [-0.2, 0) is 10.0 Å². The van der Waals surface area contributed by atoms with E-state index in [4.69, 9.17) is 23.2 Å². The van der Waals surface area contributed by atoms with Gasteiger partial charge in [0, 0.05) is 31.2 Å². The number of hydrogen-bond donors (Lipinski definition) is 1. The van der Waals surface area contributed by atoms with Crippen molar-refractivity contribution < 1.29 is 8.42 Å². The molecule has 1 aliphatic rings. The van der Waals surface area contributed by atoms with E-state index in [0.29, 0.717) is 29.2 Å². The third-order valence-corrected chi connectivity index (χ3v) is 6.57. The van der Waals surface area contributed by atoms with Crippen molar-refractivity contribution in [3.05, 3.63) is 27.2 Å². The Balaban J connectivity index is 2.57. The van der Waals surface area contributed by atoms with Gasteiger partial charge in [0.1, 0.15) is 4.90 Å². The van der Waals surface area contributed by atoms with Crippen molar-refractivity contribution in [2.24, 2.45) is 0 Å². The largest absolute Gasteiger partial charge is 0.313 e. The fraction of sp³-hybridized carbons (Fsp3) is 0.500. The third-order valence-electron chi connectivity index (χ3n) is 3.50. The maximum Gasteiger partial charge on any atom is 0.244 e. The Morgan fingerprint density at radius 3 is 2.37 bits per heavy atom. The predicted molar refractivity (Wildman–Crippen MR) is 77.5 cm³/mol. The molecule has 1 saturated heterocycles. The lowest BCUT2D eigenvalue weighted by molar-refractivity contribution is 0.274.